The molecule has 0 unspecified atom stereocenters. The summed E-state index contributed by atoms with van der Waals surface area (Å²) in [6.07, 6.45) is -9.56. The largest absolute Gasteiger partial charge is 0.463 e. The van der Waals surface area contributed by atoms with Crippen molar-refractivity contribution in [2.45, 2.75) is 67.9 Å². The summed E-state index contributed by atoms with van der Waals surface area (Å²) < 4.78 is 26.8. The molecular formula is C16H23Cl3O10. The minimum absolute atomic E-state index is 0.170. The summed E-state index contributed by atoms with van der Waals surface area (Å²) >= 11 is 17.9. The van der Waals surface area contributed by atoms with E-state index in [1.54, 1.807) is 0 Å². The summed E-state index contributed by atoms with van der Waals surface area (Å²) in [7, 11) is 0. The van der Waals surface area contributed by atoms with E-state index in [2.05, 4.69) is 0 Å². The maximum atomic E-state index is 11.5. The number of aliphatic hydroxyl groups is 3. The van der Waals surface area contributed by atoms with E-state index in [9.17, 15) is 24.9 Å². The average Bonchev–Trinajstić information content (AvgIpc) is 2.92. The lowest BCUT2D eigenvalue weighted by molar-refractivity contribution is -0.358. The Hall–Kier alpha value is -0.430. The van der Waals surface area contributed by atoms with Gasteiger partial charge in [0.1, 0.15) is 37.1 Å². The Balaban J connectivity index is 2.25. The second kappa shape index (κ2) is 10.3. The molecule has 2 aliphatic rings. The molecule has 2 rings (SSSR count). The summed E-state index contributed by atoms with van der Waals surface area (Å²) in [4.78, 5) is 22.5. The molecule has 0 saturated carbocycles. The van der Waals surface area contributed by atoms with Gasteiger partial charge in [-0.2, -0.15) is 0 Å². The smallest absolute Gasteiger partial charge is 0.303 e. The molecule has 0 amide bonds. The molecule has 13 heteroatoms. The van der Waals surface area contributed by atoms with Crippen LogP contribution in [0.3, 0.4) is 0 Å². The van der Waals surface area contributed by atoms with Gasteiger partial charge >= 0.3 is 11.9 Å². The summed E-state index contributed by atoms with van der Waals surface area (Å²) in [6.45, 7) is 1.97. The highest BCUT2D eigenvalue weighted by atomic mass is 35.5. The van der Waals surface area contributed by atoms with Crippen LogP contribution in [0.5, 0.6) is 0 Å². The summed E-state index contributed by atoms with van der Waals surface area (Å²) in [6, 6.07) is 0. The van der Waals surface area contributed by atoms with Gasteiger partial charge in [-0.25, -0.2) is 0 Å². The van der Waals surface area contributed by atoms with E-state index in [0.717, 1.165) is 6.92 Å². The molecule has 0 spiro atoms. The fraction of sp³-hybridized carbons (Fsp3) is 0.875. The Labute approximate surface area is 181 Å². The predicted molar refractivity (Wildman–Crippen MR) is 98.6 cm³/mol. The van der Waals surface area contributed by atoms with Crippen molar-refractivity contribution in [1.29, 1.82) is 0 Å². The summed E-state index contributed by atoms with van der Waals surface area (Å²) in [5, 5.41) is 29.9. The van der Waals surface area contributed by atoms with Crippen molar-refractivity contribution < 1.29 is 48.6 Å². The van der Waals surface area contributed by atoms with Crippen LogP contribution in [0.15, 0.2) is 0 Å². The zero-order valence-corrected chi connectivity index (χ0v) is 17.8. The van der Waals surface area contributed by atoms with Gasteiger partial charge in [0, 0.05) is 13.8 Å². The van der Waals surface area contributed by atoms with Gasteiger partial charge in [0.05, 0.1) is 17.1 Å². The standard InChI is InChI=1S/C16H23Cl3O10/c1-6(20)25-4-9-10(19)12(23)13(24)15(27-9)29-16(5-18)14(26-7(2)21)11(22)8(3-17)28-16/h8-15,22-24H,3-5H2,1-2H3/t8-,9-,10+,11-,12+,13-,14+,15-,16+/m1/s1. The van der Waals surface area contributed by atoms with Crippen LogP contribution >= 0.6 is 34.8 Å². The Kier molecular flexibility index (Phi) is 8.78. The van der Waals surface area contributed by atoms with Crippen LogP contribution < -0.4 is 0 Å². The first-order valence-corrected chi connectivity index (χ1v) is 10.2. The number of carbonyl (C=O) groups excluding carboxylic acids is 2. The van der Waals surface area contributed by atoms with Crippen molar-refractivity contribution in [2.75, 3.05) is 18.4 Å². The number of halogens is 3. The Bertz CT molecular complexity index is 595. The molecule has 0 aromatic heterocycles. The first-order valence-electron chi connectivity index (χ1n) is 8.68. The van der Waals surface area contributed by atoms with Crippen LogP contribution in [0.4, 0.5) is 0 Å². The van der Waals surface area contributed by atoms with Crippen molar-refractivity contribution in [3.63, 3.8) is 0 Å². The fourth-order valence-electron chi connectivity index (χ4n) is 3.06. The van der Waals surface area contributed by atoms with Gasteiger partial charge < -0.3 is 39.0 Å². The molecule has 0 bridgehead atoms. The molecule has 168 valence electrons. The lowest BCUT2D eigenvalue weighted by atomic mass is 10.0. The highest BCUT2D eigenvalue weighted by Gasteiger charge is 2.60. The van der Waals surface area contributed by atoms with E-state index in [1.807, 2.05) is 0 Å². The van der Waals surface area contributed by atoms with Crippen LogP contribution in [0.25, 0.3) is 0 Å². The van der Waals surface area contributed by atoms with Gasteiger partial charge in [-0.15, -0.1) is 34.8 Å². The lowest BCUT2D eigenvalue weighted by Gasteiger charge is -2.43. The van der Waals surface area contributed by atoms with Crippen molar-refractivity contribution in [1.82, 2.24) is 0 Å². The molecule has 10 nitrogen and oxygen atoms in total. The minimum Gasteiger partial charge on any atom is -0.463 e. The van der Waals surface area contributed by atoms with E-state index in [1.165, 1.54) is 6.92 Å². The molecule has 3 N–H and O–H groups in total. The zero-order chi connectivity index (χ0) is 21.9. The molecule has 0 aromatic rings. The Morgan fingerprint density at radius 3 is 2.21 bits per heavy atom. The normalized spacial score (nSPS) is 42.5. The zero-order valence-electron chi connectivity index (χ0n) is 15.6. The van der Waals surface area contributed by atoms with Gasteiger partial charge in [0.25, 0.3) is 0 Å². The van der Waals surface area contributed by atoms with Crippen LogP contribution in [-0.2, 0) is 33.3 Å². The molecule has 0 aliphatic carbocycles. The third-order valence-electron chi connectivity index (χ3n) is 4.49. The first kappa shape index (κ1) is 24.8. The molecule has 2 saturated heterocycles. The monoisotopic (exact) mass is 480 g/mol. The van der Waals surface area contributed by atoms with Crippen molar-refractivity contribution in [2.24, 2.45) is 0 Å². The Morgan fingerprint density at radius 2 is 1.69 bits per heavy atom. The van der Waals surface area contributed by atoms with Crippen LogP contribution in [0, 0.1) is 0 Å². The predicted octanol–water partition coefficient (Wildman–Crippen LogP) is -0.515. The van der Waals surface area contributed by atoms with E-state index < -0.39 is 71.9 Å². The number of esters is 2. The summed E-state index contributed by atoms with van der Waals surface area (Å²) in [5.41, 5.74) is 0. The van der Waals surface area contributed by atoms with Crippen LogP contribution in [0.1, 0.15) is 13.8 Å². The number of aliphatic hydroxyl groups excluding tert-OH is 3. The maximum absolute atomic E-state index is 11.5. The molecule has 29 heavy (non-hydrogen) atoms. The van der Waals surface area contributed by atoms with Crippen molar-refractivity contribution in [3.05, 3.63) is 0 Å². The third-order valence-corrected chi connectivity index (χ3v) is 5.71. The van der Waals surface area contributed by atoms with Gasteiger partial charge in [0.2, 0.25) is 5.79 Å². The second-order valence-electron chi connectivity index (χ2n) is 6.67. The maximum Gasteiger partial charge on any atom is 0.303 e. The van der Waals surface area contributed by atoms with E-state index in [0.29, 0.717) is 0 Å². The third kappa shape index (κ3) is 5.44. The van der Waals surface area contributed by atoms with Crippen LogP contribution in [0.2, 0.25) is 0 Å². The molecular weight excluding hydrogens is 459 g/mol. The quantitative estimate of drug-likeness (QED) is 0.321. The van der Waals surface area contributed by atoms with E-state index in [-0.39, 0.29) is 12.5 Å². The molecule has 0 radical (unpaired) electrons. The number of hydrogen-bond donors (Lipinski definition) is 3. The molecule has 0 aromatic carbocycles. The SMILES string of the molecule is CC(=O)OC[C@H]1O[C@H](O[C@]2(CCl)O[C@H](CCl)[C@@H](O)[C@@H]2OC(C)=O)[C@H](O)[C@@H](O)[C@H]1Cl. The number of carbonyl (C=O) groups is 2. The second-order valence-corrected chi connectivity index (χ2v) is 7.75. The minimum atomic E-state index is -1.94. The Morgan fingerprint density at radius 1 is 1.03 bits per heavy atom. The molecule has 9 atom stereocenters. The number of hydrogen-bond acceptors (Lipinski definition) is 10. The number of ether oxygens (including phenoxy) is 5. The van der Waals surface area contributed by atoms with E-state index >= 15 is 0 Å². The lowest BCUT2D eigenvalue weighted by Crippen LogP contribution is -2.61. The van der Waals surface area contributed by atoms with Crippen LogP contribution in [-0.4, -0.2) is 99.7 Å². The number of rotatable bonds is 7. The van der Waals surface area contributed by atoms with Gasteiger partial charge in [0.15, 0.2) is 12.4 Å². The topological polar surface area (TPSA) is 141 Å². The van der Waals surface area contributed by atoms with Crippen molar-refractivity contribution in [3.8, 4) is 0 Å². The van der Waals surface area contributed by atoms with Gasteiger partial charge in [-0.1, -0.05) is 0 Å². The highest BCUT2D eigenvalue weighted by Crippen LogP contribution is 2.39. The highest BCUT2D eigenvalue weighted by molar-refractivity contribution is 6.21. The van der Waals surface area contributed by atoms with Gasteiger partial charge in [-0.3, -0.25) is 9.59 Å². The van der Waals surface area contributed by atoms with E-state index in [4.69, 9.17) is 58.5 Å². The fourth-order valence-corrected chi connectivity index (χ4v) is 3.87. The summed E-state index contributed by atoms with van der Waals surface area (Å²) in [5.74, 6) is -3.91. The van der Waals surface area contributed by atoms with Gasteiger partial charge in [-0.05, 0) is 0 Å². The first-order chi connectivity index (χ1) is 13.6. The molecule has 2 heterocycles. The molecule has 2 fully saturated rings. The number of alkyl halides is 3. The van der Waals surface area contributed by atoms with Crippen molar-refractivity contribution >= 4 is 46.7 Å². The average molecular weight is 482 g/mol. The molecule has 2 aliphatic heterocycles.